The predicted octanol–water partition coefficient (Wildman–Crippen LogP) is 1.86. The van der Waals surface area contributed by atoms with Crippen LogP contribution in [0.2, 0.25) is 0 Å². The van der Waals surface area contributed by atoms with Crippen LogP contribution in [0.5, 0.6) is 0 Å². The van der Waals surface area contributed by atoms with E-state index in [1.165, 1.54) is 38.5 Å². The molecule has 0 unspecified atom stereocenters. The minimum Gasteiger partial charge on any atom is -0.330 e. The topological polar surface area (TPSA) is 52.0 Å². The lowest BCUT2D eigenvalue weighted by Gasteiger charge is -1.97. The number of unbranched alkanes of at least 4 members (excludes halogenated alkanes) is 5. The normalized spacial score (nSPS) is 9.27. The summed E-state index contributed by atoms with van der Waals surface area (Å²) in [4.78, 5) is 0. The van der Waals surface area contributed by atoms with Crippen LogP contribution >= 0.6 is 24.0 Å². The Morgan fingerprint density at radius 3 is 1.09 bits per heavy atom. The highest BCUT2D eigenvalue weighted by molar-refractivity contribution is 14.0. The Balaban J connectivity index is 0. The molecule has 0 radical (unpaired) electrons. The molecule has 0 aliphatic rings. The van der Waals surface area contributed by atoms with Crippen molar-refractivity contribution < 1.29 is 0 Å². The SMILES string of the molecule is I.NCCCCCCCCN. The molecule has 0 heterocycles. The van der Waals surface area contributed by atoms with E-state index < -0.39 is 0 Å². The van der Waals surface area contributed by atoms with E-state index in [2.05, 4.69) is 0 Å². The van der Waals surface area contributed by atoms with Gasteiger partial charge in [-0.1, -0.05) is 25.7 Å². The lowest BCUT2D eigenvalue weighted by atomic mass is 10.1. The molecule has 0 rings (SSSR count). The molecule has 0 aromatic rings. The molecule has 0 bridgehead atoms. The summed E-state index contributed by atoms with van der Waals surface area (Å²) in [5, 5.41) is 0. The van der Waals surface area contributed by atoms with Gasteiger partial charge in [-0.3, -0.25) is 0 Å². The summed E-state index contributed by atoms with van der Waals surface area (Å²) >= 11 is 0. The fourth-order valence-corrected chi connectivity index (χ4v) is 0.996. The Hall–Kier alpha value is 0.650. The van der Waals surface area contributed by atoms with Crippen LogP contribution in [0.15, 0.2) is 0 Å². The smallest absolute Gasteiger partial charge is 0.00773 e. The van der Waals surface area contributed by atoms with Crippen molar-refractivity contribution in [1.82, 2.24) is 0 Å². The fourth-order valence-electron chi connectivity index (χ4n) is 0.996. The molecule has 0 saturated heterocycles. The number of halogens is 1. The Morgan fingerprint density at radius 1 is 0.545 bits per heavy atom. The lowest BCUT2D eigenvalue weighted by molar-refractivity contribution is 0.601. The highest BCUT2D eigenvalue weighted by Gasteiger charge is 1.87. The zero-order valence-electron chi connectivity index (χ0n) is 7.22. The molecular weight excluding hydrogens is 251 g/mol. The molecule has 0 atom stereocenters. The number of nitrogens with two attached hydrogens (primary N) is 2. The van der Waals surface area contributed by atoms with Gasteiger partial charge in [0.25, 0.3) is 0 Å². The zero-order chi connectivity index (χ0) is 7.66. The third kappa shape index (κ3) is 13.6. The van der Waals surface area contributed by atoms with Gasteiger partial charge in [0.05, 0.1) is 0 Å². The van der Waals surface area contributed by atoms with Crippen molar-refractivity contribution in [2.75, 3.05) is 13.1 Å². The second kappa shape index (κ2) is 13.3. The third-order valence-corrected chi connectivity index (χ3v) is 1.66. The van der Waals surface area contributed by atoms with Gasteiger partial charge in [-0.15, -0.1) is 24.0 Å². The van der Waals surface area contributed by atoms with Gasteiger partial charge in [0.15, 0.2) is 0 Å². The van der Waals surface area contributed by atoms with Gasteiger partial charge < -0.3 is 11.5 Å². The molecule has 0 fully saturated rings. The van der Waals surface area contributed by atoms with Gasteiger partial charge in [-0.05, 0) is 25.9 Å². The largest absolute Gasteiger partial charge is 0.330 e. The summed E-state index contributed by atoms with van der Waals surface area (Å²) < 4.78 is 0. The van der Waals surface area contributed by atoms with Gasteiger partial charge in [-0.2, -0.15) is 0 Å². The molecule has 11 heavy (non-hydrogen) atoms. The molecular formula is C8H21IN2. The molecule has 3 heteroatoms. The minimum absolute atomic E-state index is 0. The van der Waals surface area contributed by atoms with Crippen LogP contribution in [0, 0.1) is 0 Å². The maximum absolute atomic E-state index is 5.35. The first kappa shape index (κ1) is 14.2. The molecule has 4 N–H and O–H groups in total. The Labute approximate surface area is 87.1 Å². The second-order valence-electron chi connectivity index (χ2n) is 2.70. The Morgan fingerprint density at radius 2 is 0.818 bits per heavy atom. The first-order valence-electron chi connectivity index (χ1n) is 4.32. The third-order valence-electron chi connectivity index (χ3n) is 1.66. The van der Waals surface area contributed by atoms with Crippen molar-refractivity contribution in [3.05, 3.63) is 0 Å². The van der Waals surface area contributed by atoms with Crippen molar-refractivity contribution in [1.29, 1.82) is 0 Å². The first-order chi connectivity index (χ1) is 4.91. The summed E-state index contributed by atoms with van der Waals surface area (Å²) in [6, 6.07) is 0. The quantitative estimate of drug-likeness (QED) is 0.549. The summed E-state index contributed by atoms with van der Waals surface area (Å²) in [6.07, 6.45) is 7.61. The van der Waals surface area contributed by atoms with Gasteiger partial charge in [0.1, 0.15) is 0 Å². The van der Waals surface area contributed by atoms with Gasteiger partial charge in [-0.25, -0.2) is 0 Å². The molecule has 0 aromatic carbocycles. The van der Waals surface area contributed by atoms with Crippen molar-refractivity contribution in [3.63, 3.8) is 0 Å². The van der Waals surface area contributed by atoms with Crippen LogP contribution in [0.1, 0.15) is 38.5 Å². The van der Waals surface area contributed by atoms with Crippen molar-refractivity contribution in [2.45, 2.75) is 38.5 Å². The Bertz CT molecular complexity index is 52.1. The maximum atomic E-state index is 5.35. The summed E-state index contributed by atoms with van der Waals surface area (Å²) in [7, 11) is 0. The van der Waals surface area contributed by atoms with Crippen LogP contribution in [0.25, 0.3) is 0 Å². The summed E-state index contributed by atoms with van der Waals surface area (Å²) in [6.45, 7) is 1.69. The van der Waals surface area contributed by atoms with Crippen LogP contribution in [0.4, 0.5) is 0 Å². The van der Waals surface area contributed by atoms with Gasteiger partial charge >= 0.3 is 0 Å². The monoisotopic (exact) mass is 272 g/mol. The van der Waals surface area contributed by atoms with Gasteiger partial charge in [0.2, 0.25) is 0 Å². The van der Waals surface area contributed by atoms with E-state index in [0.29, 0.717) is 0 Å². The predicted molar refractivity (Wildman–Crippen MR) is 61.2 cm³/mol. The molecule has 0 saturated carbocycles. The molecule has 0 aliphatic heterocycles. The van der Waals surface area contributed by atoms with Crippen molar-refractivity contribution in [2.24, 2.45) is 11.5 Å². The van der Waals surface area contributed by atoms with E-state index >= 15 is 0 Å². The van der Waals surface area contributed by atoms with E-state index in [0.717, 1.165) is 13.1 Å². The van der Waals surface area contributed by atoms with Crippen molar-refractivity contribution in [3.8, 4) is 0 Å². The second-order valence-corrected chi connectivity index (χ2v) is 2.70. The van der Waals surface area contributed by atoms with E-state index in [9.17, 15) is 0 Å². The fraction of sp³-hybridized carbons (Fsp3) is 1.00. The van der Waals surface area contributed by atoms with E-state index in [4.69, 9.17) is 11.5 Å². The van der Waals surface area contributed by atoms with Crippen LogP contribution < -0.4 is 11.5 Å². The van der Waals surface area contributed by atoms with Crippen LogP contribution in [0.3, 0.4) is 0 Å². The first-order valence-corrected chi connectivity index (χ1v) is 4.32. The maximum Gasteiger partial charge on any atom is -0.00773 e. The minimum atomic E-state index is 0. The molecule has 2 nitrogen and oxygen atoms in total. The Kier molecular flexibility index (Phi) is 17.1. The van der Waals surface area contributed by atoms with E-state index in [-0.39, 0.29) is 24.0 Å². The van der Waals surface area contributed by atoms with Crippen LogP contribution in [-0.4, -0.2) is 13.1 Å². The van der Waals surface area contributed by atoms with Crippen LogP contribution in [-0.2, 0) is 0 Å². The molecule has 0 amide bonds. The summed E-state index contributed by atoms with van der Waals surface area (Å²) in [5.41, 5.74) is 10.7. The highest BCUT2D eigenvalue weighted by Crippen LogP contribution is 2.03. The average molecular weight is 272 g/mol. The molecule has 0 spiro atoms. The standard InChI is InChI=1S/C8H20N2.HI/c9-7-5-3-1-2-4-6-8-10;/h1-10H2;1H. The van der Waals surface area contributed by atoms with Crippen molar-refractivity contribution >= 4 is 24.0 Å². The van der Waals surface area contributed by atoms with E-state index in [1.54, 1.807) is 0 Å². The lowest BCUT2D eigenvalue weighted by Crippen LogP contribution is -1.99. The number of rotatable bonds is 7. The average Bonchev–Trinajstić information content (AvgIpc) is 1.97. The zero-order valence-corrected chi connectivity index (χ0v) is 9.55. The number of hydrogen-bond acceptors (Lipinski definition) is 2. The summed E-state index contributed by atoms with van der Waals surface area (Å²) in [5.74, 6) is 0. The molecule has 0 aliphatic carbocycles. The highest BCUT2D eigenvalue weighted by atomic mass is 127. The van der Waals surface area contributed by atoms with Gasteiger partial charge in [0, 0.05) is 0 Å². The number of hydrogen-bond donors (Lipinski definition) is 2. The molecule has 70 valence electrons. The van der Waals surface area contributed by atoms with E-state index in [1.807, 2.05) is 0 Å². The molecule has 0 aromatic heterocycles.